The molecular formula is C32H36F2N6O. The molecule has 2 fully saturated rings. The molecule has 6 rings (SSSR count). The molecule has 1 saturated carbocycles. The Bertz CT molecular complexity index is 1490. The van der Waals surface area contributed by atoms with Gasteiger partial charge in [0.25, 0.3) is 11.8 Å². The van der Waals surface area contributed by atoms with Gasteiger partial charge in [0.05, 0.1) is 17.4 Å². The van der Waals surface area contributed by atoms with Crippen LogP contribution in [0.4, 0.5) is 14.5 Å². The number of fused-ring (bicyclic) bond motifs is 1. The minimum absolute atomic E-state index is 0.108. The molecule has 9 heteroatoms. The minimum atomic E-state index is -2.56. The number of benzene rings is 1. The van der Waals surface area contributed by atoms with Crippen molar-refractivity contribution < 1.29 is 13.6 Å². The van der Waals surface area contributed by atoms with E-state index >= 15 is 0 Å². The third-order valence-corrected chi connectivity index (χ3v) is 8.50. The standard InChI is InChI=1S/C32H36F2N6O/c33-32(34)12-14-40(15-13-32)21-23-16-25(19-35-18-23)24-8-11-29-28(17-24)30(39-38-29)31(41)37-27-10-9-26(36-20-27)7-3-6-22-4-1-2-5-22/h8-11,16-20,22H,1-7,12-15,21H2,(H,37,41)(H,38,39). The number of hydrogen-bond acceptors (Lipinski definition) is 5. The molecular weight excluding hydrogens is 522 g/mol. The maximum Gasteiger partial charge on any atom is 0.276 e. The van der Waals surface area contributed by atoms with Crippen LogP contribution >= 0.6 is 0 Å². The molecule has 0 radical (unpaired) electrons. The van der Waals surface area contributed by atoms with E-state index in [2.05, 4.69) is 25.5 Å². The van der Waals surface area contributed by atoms with E-state index in [1.54, 1.807) is 18.6 Å². The Morgan fingerprint density at radius 3 is 2.63 bits per heavy atom. The maximum absolute atomic E-state index is 13.5. The van der Waals surface area contributed by atoms with Crippen LogP contribution in [0.1, 0.15) is 73.1 Å². The number of piperidine rings is 1. The van der Waals surface area contributed by atoms with E-state index in [4.69, 9.17) is 0 Å². The number of rotatable bonds is 9. The molecule has 2 aliphatic rings. The number of alkyl halides is 2. The molecule has 1 aromatic carbocycles. The van der Waals surface area contributed by atoms with Crippen LogP contribution in [-0.4, -0.2) is 50.0 Å². The number of pyridine rings is 2. The number of aromatic nitrogens is 4. The van der Waals surface area contributed by atoms with Crippen molar-refractivity contribution in [3.05, 3.63) is 71.9 Å². The summed E-state index contributed by atoms with van der Waals surface area (Å²) in [4.78, 5) is 24.2. The molecule has 0 spiro atoms. The van der Waals surface area contributed by atoms with Crippen molar-refractivity contribution in [1.29, 1.82) is 0 Å². The van der Waals surface area contributed by atoms with Crippen molar-refractivity contribution in [2.45, 2.75) is 70.3 Å². The van der Waals surface area contributed by atoms with Crippen LogP contribution in [0.15, 0.2) is 55.0 Å². The van der Waals surface area contributed by atoms with E-state index in [9.17, 15) is 13.6 Å². The number of nitrogens with zero attached hydrogens (tertiary/aromatic N) is 4. The van der Waals surface area contributed by atoms with E-state index in [0.717, 1.165) is 46.7 Å². The lowest BCUT2D eigenvalue weighted by atomic mass is 10.00. The number of H-pyrrole nitrogens is 1. The average molecular weight is 559 g/mol. The predicted molar refractivity (Wildman–Crippen MR) is 156 cm³/mol. The van der Waals surface area contributed by atoms with Gasteiger partial charge >= 0.3 is 0 Å². The summed E-state index contributed by atoms with van der Waals surface area (Å²) < 4.78 is 27.1. The van der Waals surface area contributed by atoms with Gasteiger partial charge in [-0.05, 0) is 60.2 Å². The molecule has 1 aliphatic heterocycles. The summed E-state index contributed by atoms with van der Waals surface area (Å²) in [6.07, 6.45) is 13.9. The topological polar surface area (TPSA) is 86.8 Å². The first-order valence-corrected chi connectivity index (χ1v) is 14.7. The van der Waals surface area contributed by atoms with Gasteiger partial charge in [0, 0.05) is 61.5 Å². The fourth-order valence-corrected chi connectivity index (χ4v) is 6.10. The highest BCUT2D eigenvalue weighted by atomic mass is 19.3. The van der Waals surface area contributed by atoms with Crippen molar-refractivity contribution in [3.8, 4) is 11.1 Å². The van der Waals surface area contributed by atoms with Crippen molar-refractivity contribution >= 4 is 22.5 Å². The molecule has 0 unspecified atom stereocenters. The van der Waals surface area contributed by atoms with Crippen molar-refractivity contribution in [1.82, 2.24) is 25.1 Å². The van der Waals surface area contributed by atoms with Crippen molar-refractivity contribution in [2.75, 3.05) is 18.4 Å². The van der Waals surface area contributed by atoms with Gasteiger partial charge in [0.1, 0.15) is 0 Å². The molecule has 0 atom stereocenters. The van der Waals surface area contributed by atoms with Crippen LogP contribution in [0.2, 0.25) is 0 Å². The Morgan fingerprint density at radius 2 is 1.85 bits per heavy atom. The number of amides is 1. The van der Waals surface area contributed by atoms with Gasteiger partial charge in [0.2, 0.25) is 0 Å². The van der Waals surface area contributed by atoms with Crippen molar-refractivity contribution in [3.63, 3.8) is 0 Å². The Hall–Kier alpha value is -3.72. The number of likely N-dealkylation sites (tertiary alicyclic amines) is 1. The van der Waals surface area contributed by atoms with Gasteiger partial charge < -0.3 is 5.32 Å². The van der Waals surface area contributed by atoms with E-state index < -0.39 is 5.92 Å². The second-order valence-corrected chi connectivity index (χ2v) is 11.6. The van der Waals surface area contributed by atoms with Gasteiger partial charge in [0.15, 0.2) is 5.69 Å². The number of hydrogen-bond donors (Lipinski definition) is 2. The number of carbonyl (C=O) groups is 1. The smallest absolute Gasteiger partial charge is 0.276 e. The number of carbonyl (C=O) groups excluding carboxylic acids is 1. The molecule has 3 aromatic heterocycles. The average Bonchev–Trinajstić information content (AvgIpc) is 3.65. The molecule has 1 aliphatic carbocycles. The Kier molecular flexibility index (Phi) is 8.05. The molecule has 1 saturated heterocycles. The Labute approximate surface area is 238 Å². The first kappa shape index (κ1) is 27.4. The summed E-state index contributed by atoms with van der Waals surface area (Å²) >= 11 is 0. The first-order chi connectivity index (χ1) is 19.9. The molecule has 2 N–H and O–H groups in total. The Balaban J connectivity index is 1.11. The zero-order chi connectivity index (χ0) is 28.2. The van der Waals surface area contributed by atoms with E-state index in [1.165, 1.54) is 32.1 Å². The van der Waals surface area contributed by atoms with E-state index in [1.807, 2.05) is 41.3 Å². The summed E-state index contributed by atoms with van der Waals surface area (Å²) in [6, 6.07) is 11.7. The van der Waals surface area contributed by atoms with Crippen LogP contribution in [0.25, 0.3) is 22.0 Å². The SMILES string of the molecule is O=C(Nc1ccc(CCCC2CCCC2)nc1)c1n[nH]c2ccc(-c3cncc(CN4CCC(F)(F)CC4)c3)cc12. The van der Waals surface area contributed by atoms with E-state index in [0.29, 0.717) is 36.4 Å². The lowest BCUT2D eigenvalue weighted by Gasteiger charge is -2.31. The second-order valence-electron chi connectivity index (χ2n) is 11.6. The highest BCUT2D eigenvalue weighted by Crippen LogP contribution is 2.31. The largest absolute Gasteiger partial charge is 0.319 e. The summed E-state index contributed by atoms with van der Waals surface area (Å²) in [5.74, 6) is -1.98. The fraction of sp³-hybridized carbons (Fsp3) is 0.438. The minimum Gasteiger partial charge on any atom is -0.319 e. The number of halogens is 2. The lowest BCUT2D eigenvalue weighted by molar-refractivity contribution is -0.0566. The maximum atomic E-state index is 13.5. The quantitative estimate of drug-likeness (QED) is 0.231. The molecule has 0 bridgehead atoms. The number of anilines is 1. The summed E-state index contributed by atoms with van der Waals surface area (Å²) in [5, 5.41) is 10.9. The zero-order valence-electron chi connectivity index (χ0n) is 23.2. The van der Waals surface area contributed by atoms with Crippen LogP contribution < -0.4 is 5.32 Å². The van der Waals surface area contributed by atoms with Crippen LogP contribution in [0.3, 0.4) is 0 Å². The highest BCUT2D eigenvalue weighted by Gasteiger charge is 2.33. The van der Waals surface area contributed by atoms with Crippen LogP contribution in [0.5, 0.6) is 0 Å². The second kappa shape index (κ2) is 12.0. The normalized spacial score (nSPS) is 17.7. The molecule has 41 heavy (non-hydrogen) atoms. The van der Waals surface area contributed by atoms with Crippen molar-refractivity contribution in [2.24, 2.45) is 5.92 Å². The number of aryl methyl sites for hydroxylation is 1. The lowest BCUT2D eigenvalue weighted by Crippen LogP contribution is -2.38. The molecule has 4 heterocycles. The van der Waals surface area contributed by atoms with E-state index in [-0.39, 0.29) is 18.7 Å². The van der Waals surface area contributed by atoms with Gasteiger partial charge in [-0.25, -0.2) is 8.78 Å². The van der Waals surface area contributed by atoms with Gasteiger partial charge in [-0.2, -0.15) is 5.10 Å². The highest BCUT2D eigenvalue weighted by molar-refractivity contribution is 6.11. The summed E-state index contributed by atoms with van der Waals surface area (Å²) in [7, 11) is 0. The summed E-state index contributed by atoms with van der Waals surface area (Å²) in [6.45, 7) is 1.32. The predicted octanol–water partition coefficient (Wildman–Crippen LogP) is 7.02. The van der Waals surface area contributed by atoms with Gasteiger partial charge in [-0.15, -0.1) is 0 Å². The van der Waals surface area contributed by atoms with Crippen LogP contribution in [-0.2, 0) is 13.0 Å². The molecule has 7 nitrogen and oxygen atoms in total. The van der Waals surface area contributed by atoms with Gasteiger partial charge in [-0.3, -0.25) is 24.8 Å². The third-order valence-electron chi connectivity index (χ3n) is 8.50. The molecule has 214 valence electrons. The summed E-state index contributed by atoms with van der Waals surface area (Å²) in [5.41, 5.74) is 5.50. The first-order valence-electron chi connectivity index (χ1n) is 14.7. The molecule has 4 aromatic rings. The third kappa shape index (κ3) is 6.78. The van der Waals surface area contributed by atoms with Gasteiger partial charge in [-0.1, -0.05) is 38.2 Å². The molecule has 1 amide bonds. The monoisotopic (exact) mass is 558 g/mol. The number of aromatic amines is 1. The van der Waals surface area contributed by atoms with Crippen LogP contribution in [0, 0.1) is 5.92 Å². The fourth-order valence-electron chi connectivity index (χ4n) is 6.10. The Morgan fingerprint density at radius 1 is 1.02 bits per heavy atom. The number of nitrogens with one attached hydrogen (secondary N) is 2. The zero-order valence-corrected chi connectivity index (χ0v) is 23.2.